The van der Waals surface area contributed by atoms with Crippen molar-refractivity contribution in [2.24, 2.45) is 0 Å². The van der Waals surface area contributed by atoms with E-state index in [9.17, 15) is 4.79 Å². The number of methoxy groups -OCH3 is 2. The van der Waals surface area contributed by atoms with E-state index in [1.54, 1.807) is 44.2 Å². The van der Waals surface area contributed by atoms with Gasteiger partial charge >= 0.3 is 0 Å². The fourth-order valence-electron chi connectivity index (χ4n) is 1.65. The van der Waals surface area contributed by atoms with E-state index in [1.807, 2.05) is 18.4 Å². The summed E-state index contributed by atoms with van der Waals surface area (Å²) in [5, 5.41) is 2.85. The molecule has 0 aliphatic rings. The maximum atomic E-state index is 12.2. The zero-order valence-corrected chi connectivity index (χ0v) is 13.1. The molecule has 0 saturated heterocycles. The molecule has 0 aliphatic heterocycles. The van der Waals surface area contributed by atoms with Gasteiger partial charge in [-0.1, -0.05) is 0 Å². The number of thioether (sulfide) groups is 1. The first-order valence-corrected chi connectivity index (χ1v) is 7.89. The van der Waals surface area contributed by atoms with Gasteiger partial charge in [0, 0.05) is 6.07 Å². The molecule has 2 rings (SSSR count). The summed E-state index contributed by atoms with van der Waals surface area (Å²) in [5.41, 5.74) is 0.593. The van der Waals surface area contributed by atoms with Crippen LogP contribution in [0.1, 0.15) is 9.67 Å². The van der Waals surface area contributed by atoms with Crippen LogP contribution in [0, 0.1) is 0 Å². The molecule has 106 valence electrons. The fraction of sp³-hybridized carbons (Fsp3) is 0.214. The molecule has 1 amide bonds. The van der Waals surface area contributed by atoms with Gasteiger partial charge < -0.3 is 14.8 Å². The number of ether oxygens (including phenoxy) is 2. The minimum atomic E-state index is -0.151. The lowest BCUT2D eigenvalue weighted by molar-refractivity contribution is 0.103. The smallest absolute Gasteiger partial charge is 0.265 e. The number of hydrogen-bond donors (Lipinski definition) is 1. The molecule has 1 aromatic heterocycles. The van der Waals surface area contributed by atoms with Crippen LogP contribution in [0.4, 0.5) is 5.69 Å². The van der Waals surface area contributed by atoms with Crippen molar-refractivity contribution in [2.45, 2.75) is 4.21 Å². The Balaban J connectivity index is 2.21. The lowest BCUT2D eigenvalue weighted by atomic mass is 10.2. The van der Waals surface area contributed by atoms with Crippen molar-refractivity contribution in [3.05, 3.63) is 35.2 Å². The largest absolute Gasteiger partial charge is 0.497 e. The van der Waals surface area contributed by atoms with Crippen LogP contribution >= 0.6 is 23.1 Å². The van der Waals surface area contributed by atoms with Gasteiger partial charge in [0.1, 0.15) is 11.5 Å². The molecule has 0 unspecified atom stereocenters. The van der Waals surface area contributed by atoms with Gasteiger partial charge in [-0.05, 0) is 30.5 Å². The van der Waals surface area contributed by atoms with E-state index in [0.717, 1.165) is 4.21 Å². The van der Waals surface area contributed by atoms with Crippen LogP contribution in [0.2, 0.25) is 0 Å². The Morgan fingerprint density at radius 1 is 1.20 bits per heavy atom. The molecule has 20 heavy (non-hydrogen) atoms. The van der Waals surface area contributed by atoms with E-state index in [4.69, 9.17) is 9.47 Å². The van der Waals surface area contributed by atoms with Crippen molar-refractivity contribution in [1.29, 1.82) is 0 Å². The van der Waals surface area contributed by atoms with E-state index < -0.39 is 0 Å². The molecule has 6 heteroatoms. The molecule has 0 radical (unpaired) electrons. The third-order valence-corrected chi connectivity index (χ3v) is 4.83. The number of carbonyl (C=O) groups is 1. The third-order valence-electron chi connectivity index (χ3n) is 2.66. The van der Waals surface area contributed by atoms with Crippen LogP contribution in [0.25, 0.3) is 0 Å². The van der Waals surface area contributed by atoms with Gasteiger partial charge in [-0.15, -0.1) is 23.1 Å². The Hall–Kier alpha value is -1.66. The summed E-state index contributed by atoms with van der Waals surface area (Å²) in [6.07, 6.45) is 1.98. The van der Waals surface area contributed by atoms with Crippen LogP contribution in [-0.4, -0.2) is 26.4 Å². The highest BCUT2D eigenvalue weighted by Crippen LogP contribution is 2.31. The van der Waals surface area contributed by atoms with Gasteiger partial charge in [0.25, 0.3) is 5.91 Å². The lowest BCUT2D eigenvalue weighted by Gasteiger charge is -2.11. The van der Waals surface area contributed by atoms with Crippen LogP contribution in [-0.2, 0) is 0 Å². The second kappa shape index (κ2) is 6.67. The minimum Gasteiger partial charge on any atom is -0.497 e. The van der Waals surface area contributed by atoms with Gasteiger partial charge in [-0.3, -0.25) is 4.79 Å². The van der Waals surface area contributed by atoms with Gasteiger partial charge in [0.15, 0.2) is 0 Å². The topological polar surface area (TPSA) is 47.6 Å². The van der Waals surface area contributed by atoms with Crippen molar-refractivity contribution < 1.29 is 14.3 Å². The van der Waals surface area contributed by atoms with Crippen LogP contribution in [0.3, 0.4) is 0 Å². The highest BCUT2D eigenvalue weighted by Gasteiger charge is 2.13. The average molecular weight is 309 g/mol. The molecular formula is C14H15NO3S2. The number of nitrogens with one attached hydrogen (secondary N) is 1. The molecule has 0 saturated carbocycles. The molecule has 0 aliphatic carbocycles. The molecule has 1 N–H and O–H groups in total. The van der Waals surface area contributed by atoms with Crippen molar-refractivity contribution in [1.82, 2.24) is 0 Å². The summed E-state index contributed by atoms with van der Waals surface area (Å²) in [4.78, 5) is 12.9. The first-order chi connectivity index (χ1) is 9.67. The zero-order valence-electron chi connectivity index (χ0n) is 11.4. The summed E-state index contributed by atoms with van der Waals surface area (Å²) >= 11 is 3.08. The Bertz CT molecular complexity index is 610. The standard InChI is InChI=1S/C14H15NO3S2/c1-17-9-4-5-11(18-2)10(8-9)15-14(16)12-6-7-13(19-3)20-12/h4-8H,1-3H3,(H,15,16). The Kier molecular flexibility index (Phi) is 4.92. The highest BCUT2D eigenvalue weighted by molar-refractivity contribution is 8.00. The molecule has 0 bridgehead atoms. The van der Waals surface area contributed by atoms with Gasteiger partial charge in [-0.2, -0.15) is 0 Å². The van der Waals surface area contributed by atoms with E-state index >= 15 is 0 Å². The van der Waals surface area contributed by atoms with Crippen LogP contribution < -0.4 is 14.8 Å². The van der Waals surface area contributed by atoms with E-state index in [1.165, 1.54) is 11.3 Å². The number of rotatable bonds is 5. The number of amides is 1. The van der Waals surface area contributed by atoms with Crippen LogP contribution in [0.15, 0.2) is 34.5 Å². The van der Waals surface area contributed by atoms with Crippen molar-refractivity contribution >= 4 is 34.7 Å². The van der Waals surface area contributed by atoms with E-state index in [2.05, 4.69) is 5.32 Å². The molecule has 0 spiro atoms. The second-order valence-electron chi connectivity index (χ2n) is 3.84. The highest BCUT2D eigenvalue weighted by atomic mass is 32.2. The van der Waals surface area contributed by atoms with Gasteiger partial charge in [-0.25, -0.2) is 0 Å². The van der Waals surface area contributed by atoms with Crippen molar-refractivity contribution in [2.75, 3.05) is 25.8 Å². The van der Waals surface area contributed by atoms with Gasteiger partial charge in [0.05, 0.1) is 29.0 Å². The fourth-order valence-corrected chi connectivity index (χ4v) is 3.09. The number of carbonyl (C=O) groups excluding carboxylic acids is 1. The maximum absolute atomic E-state index is 12.2. The third kappa shape index (κ3) is 3.26. The SMILES string of the molecule is COc1ccc(OC)c(NC(=O)c2ccc(SC)s2)c1. The first kappa shape index (κ1) is 14.7. The molecule has 1 aromatic carbocycles. The van der Waals surface area contributed by atoms with Crippen molar-refractivity contribution in [3.8, 4) is 11.5 Å². The molecule has 0 atom stereocenters. The quantitative estimate of drug-likeness (QED) is 0.855. The predicted molar refractivity (Wildman–Crippen MR) is 83.6 cm³/mol. The second-order valence-corrected chi connectivity index (χ2v) is 6.03. The number of anilines is 1. The Labute approximate surface area is 126 Å². The number of hydrogen-bond acceptors (Lipinski definition) is 5. The average Bonchev–Trinajstić information content (AvgIpc) is 2.96. The van der Waals surface area contributed by atoms with Crippen molar-refractivity contribution in [3.63, 3.8) is 0 Å². The summed E-state index contributed by atoms with van der Waals surface area (Å²) in [5.74, 6) is 1.11. The minimum absolute atomic E-state index is 0.151. The summed E-state index contributed by atoms with van der Waals surface area (Å²) in [6.45, 7) is 0. The molecule has 4 nitrogen and oxygen atoms in total. The van der Waals surface area contributed by atoms with Gasteiger partial charge in [0.2, 0.25) is 0 Å². The van der Waals surface area contributed by atoms with E-state index in [-0.39, 0.29) is 5.91 Å². The normalized spacial score (nSPS) is 10.2. The summed E-state index contributed by atoms with van der Waals surface area (Å²) in [7, 11) is 3.14. The van der Waals surface area contributed by atoms with Crippen LogP contribution in [0.5, 0.6) is 11.5 Å². The molecular weight excluding hydrogens is 294 g/mol. The Morgan fingerprint density at radius 2 is 2.00 bits per heavy atom. The predicted octanol–water partition coefficient (Wildman–Crippen LogP) is 3.74. The lowest BCUT2D eigenvalue weighted by Crippen LogP contribution is -2.11. The summed E-state index contributed by atoms with van der Waals surface area (Å²) in [6, 6.07) is 9.03. The summed E-state index contributed by atoms with van der Waals surface area (Å²) < 4.78 is 11.5. The first-order valence-electron chi connectivity index (χ1n) is 5.85. The molecule has 2 aromatic rings. The van der Waals surface area contributed by atoms with E-state index in [0.29, 0.717) is 22.1 Å². The maximum Gasteiger partial charge on any atom is 0.265 e. The number of thiophene rings is 1. The molecule has 1 heterocycles. The number of benzene rings is 1. The molecule has 0 fully saturated rings. The zero-order chi connectivity index (χ0) is 14.5. The monoisotopic (exact) mass is 309 g/mol. The Morgan fingerprint density at radius 3 is 2.60 bits per heavy atom.